The van der Waals surface area contributed by atoms with E-state index in [1.54, 1.807) is 18.2 Å². The van der Waals surface area contributed by atoms with Gasteiger partial charge in [-0.25, -0.2) is 0 Å². The molecule has 5 heteroatoms. The van der Waals surface area contributed by atoms with Gasteiger partial charge >= 0.3 is 0 Å². The van der Waals surface area contributed by atoms with Crippen LogP contribution in [0.15, 0.2) is 84.4 Å². The number of aryl methyl sites for hydroxylation is 2. The van der Waals surface area contributed by atoms with Gasteiger partial charge in [0.05, 0.1) is 6.61 Å². The molecule has 0 radical (unpaired) electrons. The molecule has 0 aromatic heterocycles. The SMILES string of the molecule is CCOc1cc(/C=C(\C#N)C(=O)Nc2ccc(C)cc2C)ccc1OCc1cccc2ccccc12. The van der Waals surface area contributed by atoms with Crippen LogP contribution in [0.4, 0.5) is 5.69 Å². The van der Waals surface area contributed by atoms with Crippen LogP contribution in [0.1, 0.15) is 29.2 Å². The number of carbonyl (C=O) groups excluding carboxylic acids is 1. The summed E-state index contributed by atoms with van der Waals surface area (Å²) in [6.45, 7) is 6.65. The second-order valence-corrected chi connectivity index (χ2v) is 8.51. The van der Waals surface area contributed by atoms with Crippen LogP contribution in [0.5, 0.6) is 11.5 Å². The van der Waals surface area contributed by atoms with Crippen molar-refractivity contribution in [3.8, 4) is 17.6 Å². The minimum Gasteiger partial charge on any atom is -0.490 e. The molecule has 0 saturated heterocycles. The van der Waals surface area contributed by atoms with E-state index in [0.717, 1.165) is 27.5 Å². The Labute approximate surface area is 211 Å². The number of hydrogen-bond acceptors (Lipinski definition) is 4. The molecule has 0 heterocycles. The van der Waals surface area contributed by atoms with Crippen molar-refractivity contribution in [3.05, 3.63) is 107 Å². The van der Waals surface area contributed by atoms with Crippen molar-refractivity contribution in [1.82, 2.24) is 0 Å². The number of rotatable bonds is 8. The molecule has 36 heavy (non-hydrogen) atoms. The molecule has 5 nitrogen and oxygen atoms in total. The van der Waals surface area contributed by atoms with Gasteiger partial charge in [0, 0.05) is 5.69 Å². The maximum atomic E-state index is 12.8. The molecular weight excluding hydrogens is 448 g/mol. The zero-order chi connectivity index (χ0) is 25.5. The lowest BCUT2D eigenvalue weighted by molar-refractivity contribution is -0.112. The van der Waals surface area contributed by atoms with E-state index in [1.165, 1.54) is 0 Å². The van der Waals surface area contributed by atoms with Gasteiger partial charge in [-0.3, -0.25) is 4.79 Å². The fraction of sp³-hybridized carbons (Fsp3) is 0.161. The highest BCUT2D eigenvalue weighted by atomic mass is 16.5. The molecular formula is C31H28N2O3. The predicted octanol–water partition coefficient (Wildman–Crippen LogP) is 6.98. The zero-order valence-corrected chi connectivity index (χ0v) is 20.7. The molecule has 0 atom stereocenters. The highest BCUT2D eigenvalue weighted by molar-refractivity contribution is 6.10. The zero-order valence-electron chi connectivity index (χ0n) is 20.7. The minimum atomic E-state index is -0.460. The molecule has 0 aliphatic rings. The summed E-state index contributed by atoms with van der Waals surface area (Å²) >= 11 is 0. The first-order valence-electron chi connectivity index (χ1n) is 11.8. The molecule has 0 unspecified atom stereocenters. The summed E-state index contributed by atoms with van der Waals surface area (Å²) in [5.74, 6) is 0.692. The monoisotopic (exact) mass is 476 g/mol. The van der Waals surface area contributed by atoms with Crippen molar-refractivity contribution in [2.45, 2.75) is 27.4 Å². The molecule has 0 fully saturated rings. The Balaban J connectivity index is 1.54. The summed E-state index contributed by atoms with van der Waals surface area (Å²) in [6, 6.07) is 27.5. The van der Waals surface area contributed by atoms with E-state index in [-0.39, 0.29) is 5.57 Å². The van der Waals surface area contributed by atoms with Crippen molar-refractivity contribution < 1.29 is 14.3 Å². The normalized spacial score (nSPS) is 11.1. The standard InChI is InChI=1S/C31H28N2O3/c1-4-35-30-18-23(17-26(19-32)31(34)33-28-14-12-21(2)16-22(28)3)13-15-29(30)36-20-25-10-7-9-24-8-5-6-11-27(24)25/h5-18H,4,20H2,1-3H3,(H,33,34)/b26-17+. The van der Waals surface area contributed by atoms with Gasteiger partial charge in [-0.15, -0.1) is 0 Å². The largest absolute Gasteiger partial charge is 0.490 e. The quantitative estimate of drug-likeness (QED) is 0.220. The van der Waals surface area contributed by atoms with Crippen molar-refractivity contribution in [2.24, 2.45) is 0 Å². The highest BCUT2D eigenvalue weighted by Crippen LogP contribution is 2.31. The number of benzene rings is 4. The topological polar surface area (TPSA) is 71.3 Å². The van der Waals surface area contributed by atoms with Crippen LogP contribution in [0.25, 0.3) is 16.8 Å². The van der Waals surface area contributed by atoms with Crippen LogP contribution in [0.3, 0.4) is 0 Å². The molecule has 1 amide bonds. The minimum absolute atomic E-state index is 0.00171. The van der Waals surface area contributed by atoms with Crippen LogP contribution in [0.2, 0.25) is 0 Å². The number of fused-ring (bicyclic) bond motifs is 1. The van der Waals surface area contributed by atoms with Gasteiger partial charge in [0.1, 0.15) is 18.2 Å². The van der Waals surface area contributed by atoms with E-state index in [4.69, 9.17) is 9.47 Å². The average Bonchev–Trinajstić information content (AvgIpc) is 2.88. The molecule has 4 aromatic rings. The number of nitrogens with zero attached hydrogens (tertiary/aromatic N) is 1. The Morgan fingerprint density at radius 2 is 1.75 bits per heavy atom. The van der Waals surface area contributed by atoms with Crippen LogP contribution >= 0.6 is 0 Å². The van der Waals surface area contributed by atoms with E-state index in [0.29, 0.717) is 36.0 Å². The molecule has 1 N–H and O–H groups in total. The molecule has 0 bridgehead atoms. The number of nitriles is 1. The third-order valence-corrected chi connectivity index (χ3v) is 5.84. The lowest BCUT2D eigenvalue weighted by atomic mass is 10.1. The third-order valence-electron chi connectivity index (χ3n) is 5.84. The van der Waals surface area contributed by atoms with Gasteiger partial charge in [-0.05, 0) is 72.5 Å². The second-order valence-electron chi connectivity index (χ2n) is 8.51. The lowest BCUT2D eigenvalue weighted by Gasteiger charge is -2.14. The lowest BCUT2D eigenvalue weighted by Crippen LogP contribution is -2.14. The summed E-state index contributed by atoms with van der Waals surface area (Å²) in [7, 11) is 0. The number of carbonyl (C=O) groups is 1. The summed E-state index contributed by atoms with van der Waals surface area (Å²) in [4.78, 5) is 12.8. The summed E-state index contributed by atoms with van der Waals surface area (Å²) in [5.41, 5.74) is 4.47. The Bertz CT molecular complexity index is 1480. The maximum absolute atomic E-state index is 12.8. The van der Waals surface area contributed by atoms with Gasteiger partial charge in [-0.2, -0.15) is 5.26 Å². The number of anilines is 1. The molecule has 0 saturated carbocycles. The average molecular weight is 477 g/mol. The first kappa shape index (κ1) is 24.6. The molecule has 0 aliphatic carbocycles. The first-order chi connectivity index (χ1) is 17.5. The number of ether oxygens (including phenoxy) is 2. The Morgan fingerprint density at radius 1 is 0.944 bits per heavy atom. The number of hydrogen-bond donors (Lipinski definition) is 1. The Morgan fingerprint density at radius 3 is 2.53 bits per heavy atom. The Kier molecular flexibility index (Phi) is 7.67. The van der Waals surface area contributed by atoms with Gasteiger partial charge in [0.15, 0.2) is 11.5 Å². The van der Waals surface area contributed by atoms with E-state index < -0.39 is 5.91 Å². The van der Waals surface area contributed by atoms with Crippen LogP contribution in [-0.2, 0) is 11.4 Å². The van der Waals surface area contributed by atoms with E-state index in [1.807, 2.05) is 75.4 Å². The van der Waals surface area contributed by atoms with Crippen LogP contribution in [0, 0.1) is 25.2 Å². The molecule has 180 valence electrons. The molecule has 4 aromatic carbocycles. The van der Waals surface area contributed by atoms with Gasteiger partial charge in [0.25, 0.3) is 5.91 Å². The van der Waals surface area contributed by atoms with Gasteiger partial charge < -0.3 is 14.8 Å². The molecule has 0 aliphatic heterocycles. The Hall–Kier alpha value is -4.56. The predicted molar refractivity (Wildman–Crippen MR) is 144 cm³/mol. The third kappa shape index (κ3) is 5.73. The van der Waals surface area contributed by atoms with Crippen molar-refractivity contribution in [2.75, 3.05) is 11.9 Å². The maximum Gasteiger partial charge on any atom is 0.266 e. The fourth-order valence-corrected chi connectivity index (χ4v) is 4.03. The van der Waals surface area contributed by atoms with E-state index >= 15 is 0 Å². The fourth-order valence-electron chi connectivity index (χ4n) is 4.03. The van der Waals surface area contributed by atoms with E-state index in [9.17, 15) is 10.1 Å². The van der Waals surface area contributed by atoms with Gasteiger partial charge in [-0.1, -0.05) is 66.2 Å². The highest BCUT2D eigenvalue weighted by Gasteiger charge is 2.13. The van der Waals surface area contributed by atoms with Crippen molar-refractivity contribution >= 4 is 28.4 Å². The molecule has 0 spiro atoms. The number of nitrogens with one attached hydrogen (secondary N) is 1. The smallest absolute Gasteiger partial charge is 0.266 e. The van der Waals surface area contributed by atoms with Crippen molar-refractivity contribution in [3.63, 3.8) is 0 Å². The van der Waals surface area contributed by atoms with Crippen LogP contribution < -0.4 is 14.8 Å². The van der Waals surface area contributed by atoms with Crippen molar-refractivity contribution in [1.29, 1.82) is 5.26 Å². The molecule has 4 rings (SSSR count). The first-order valence-corrected chi connectivity index (χ1v) is 11.8. The number of amides is 1. The summed E-state index contributed by atoms with van der Waals surface area (Å²) in [5, 5.41) is 14.8. The van der Waals surface area contributed by atoms with E-state index in [2.05, 4.69) is 23.5 Å². The van der Waals surface area contributed by atoms with Gasteiger partial charge in [0.2, 0.25) is 0 Å². The summed E-state index contributed by atoms with van der Waals surface area (Å²) < 4.78 is 11.9. The second kappa shape index (κ2) is 11.2. The summed E-state index contributed by atoms with van der Waals surface area (Å²) in [6.07, 6.45) is 1.55. The van der Waals surface area contributed by atoms with Crippen LogP contribution in [-0.4, -0.2) is 12.5 Å².